The first-order valence-corrected chi connectivity index (χ1v) is 7.61. The first-order chi connectivity index (χ1) is 11.2. The fraction of sp³-hybridized carbons (Fsp3) is 0.438. The van der Waals surface area contributed by atoms with Crippen LogP contribution in [0.3, 0.4) is 0 Å². The lowest BCUT2D eigenvalue weighted by atomic mass is 10.1. The van der Waals surface area contributed by atoms with Gasteiger partial charge in [-0.05, 0) is 31.2 Å². The molecule has 0 aromatic carbocycles. The number of hydrogen-bond acceptors (Lipinski definition) is 5. The zero-order valence-corrected chi connectivity index (χ0v) is 13.3. The maximum absolute atomic E-state index is 12.4. The maximum Gasteiger partial charge on any atom is 0.237 e. The van der Waals surface area contributed by atoms with E-state index >= 15 is 0 Å². The number of pyridine rings is 1. The van der Waals surface area contributed by atoms with E-state index in [0.717, 1.165) is 24.3 Å². The quantitative estimate of drug-likeness (QED) is 0.875. The van der Waals surface area contributed by atoms with Gasteiger partial charge in [-0.15, -0.1) is 0 Å². The molecule has 23 heavy (non-hydrogen) atoms. The zero-order chi connectivity index (χ0) is 16.2. The van der Waals surface area contributed by atoms with Crippen LogP contribution in [0.2, 0.25) is 0 Å². The average Bonchev–Trinajstić information content (AvgIpc) is 3.22. The summed E-state index contributed by atoms with van der Waals surface area (Å²) in [7, 11) is 3.64. The Morgan fingerprint density at radius 3 is 3.04 bits per heavy atom. The van der Waals surface area contributed by atoms with Crippen LogP contribution in [-0.4, -0.2) is 58.2 Å². The van der Waals surface area contributed by atoms with Gasteiger partial charge in [-0.1, -0.05) is 0 Å². The molecule has 1 saturated heterocycles. The van der Waals surface area contributed by atoms with Crippen LogP contribution in [0.5, 0.6) is 0 Å². The van der Waals surface area contributed by atoms with Gasteiger partial charge in [0, 0.05) is 38.8 Å². The minimum absolute atomic E-state index is 0.0352. The minimum atomic E-state index is -0.130. The summed E-state index contributed by atoms with van der Waals surface area (Å²) >= 11 is 0. The summed E-state index contributed by atoms with van der Waals surface area (Å²) in [5.41, 5.74) is 1.00. The van der Waals surface area contributed by atoms with E-state index in [0.29, 0.717) is 6.54 Å². The third kappa shape index (κ3) is 3.57. The van der Waals surface area contributed by atoms with E-state index in [1.54, 1.807) is 25.8 Å². The first kappa shape index (κ1) is 15.6. The highest BCUT2D eigenvalue weighted by Crippen LogP contribution is 2.18. The van der Waals surface area contributed by atoms with Crippen LogP contribution in [0.25, 0.3) is 5.82 Å². The van der Waals surface area contributed by atoms with Crippen LogP contribution in [0.15, 0.2) is 37.1 Å². The molecule has 0 unspecified atom stereocenters. The standard InChI is InChI=1S/C16H21N5O2/c1-20-10-13(23-2)8-14(20)16(22)19-9-12-3-4-18-15(7-12)21-6-5-17-11-21/h3-7,11,13-14H,8-10H2,1-2H3,(H,19,22)/t13-,14-/m0/s1. The van der Waals surface area contributed by atoms with E-state index in [1.165, 1.54) is 0 Å². The van der Waals surface area contributed by atoms with Crippen molar-refractivity contribution in [3.63, 3.8) is 0 Å². The molecule has 3 heterocycles. The van der Waals surface area contributed by atoms with Gasteiger partial charge in [-0.3, -0.25) is 14.3 Å². The lowest BCUT2D eigenvalue weighted by Crippen LogP contribution is -2.41. The lowest BCUT2D eigenvalue weighted by molar-refractivity contribution is -0.125. The predicted molar refractivity (Wildman–Crippen MR) is 85.0 cm³/mol. The maximum atomic E-state index is 12.4. The summed E-state index contributed by atoms with van der Waals surface area (Å²) < 4.78 is 7.18. The molecule has 0 radical (unpaired) electrons. The number of nitrogens with zero attached hydrogens (tertiary/aromatic N) is 4. The van der Waals surface area contributed by atoms with Crippen molar-refractivity contribution in [2.24, 2.45) is 0 Å². The van der Waals surface area contributed by atoms with Gasteiger partial charge < -0.3 is 10.1 Å². The van der Waals surface area contributed by atoms with Crippen molar-refractivity contribution < 1.29 is 9.53 Å². The Hall–Kier alpha value is -2.25. The van der Waals surface area contributed by atoms with Crippen molar-refractivity contribution in [2.75, 3.05) is 20.7 Å². The number of likely N-dealkylation sites (tertiary alicyclic amines) is 1. The number of aromatic nitrogens is 3. The molecule has 2 atom stereocenters. The number of amides is 1. The summed E-state index contributed by atoms with van der Waals surface area (Å²) in [6.07, 6.45) is 7.84. The Morgan fingerprint density at radius 1 is 1.48 bits per heavy atom. The van der Waals surface area contributed by atoms with Gasteiger partial charge in [0.2, 0.25) is 5.91 Å². The highest BCUT2D eigenvalue weighted by atomic mass is 16.5. The summed E-state index contributed by atoms with van der Waals surface area (Å²) in [5, 5.41) is 3.00. The van der Waals surface area contributed by atoms with Gasteiger partial charge in [0.15, 0.2) is 0 Å². The predicted octanol–water partition coefficient (Wildman–Crippen LogP) is 0.603. The number of rotatable bonds is 5. The van der Waals surface area contributed by atoms with Gasteiger partial charge in [-0.25, -0.2) is 9.97 Å². The molecule has 7 heteroatoms. The van der Waals surface area contributed by atoms with Crippen molar-refractivity contribution in [3.05, 3.63) is 42.6 Å². The monoisotopic (exact) mass is 315 g/mol. The normalized spacial score (nSPS) is 21.5. The largest absolute Gasteiger partial charge is 0.380 e. The Kier molecular flexibility index (Phi) is 4.68. The van der Waals surface area contributed by atoms with Crippen LogP contribution >= 0.6 is 0 Å². The van der Waals surface area contributed by atoms with Crippen molar-refractivity contribution >= 4 is 5.91 Å². The molecule has 2 aromatic heterocycles. The fourth-order valence-electron chi connectivity index (χ4n) is 2.84. The molecule has 1 N–H and O–H groups in total. The number of carbonyl (C=O) groups excluding carboxylic acids is 1. The molecule has 2 aromatic rings. The summed E-state index contributed by atoms with van der Waals surface area (Å²) in [6.45, 7) is 1.26. The van der Waals surface area contributed by atoms with Gasteiger partial charge in [0.1, 0.15) is 12.1 Å². The van der Waals surface area contributed by atoms with E-state index in [1.807, 2.05) is 34.8 Å². The third-order valence-electron chi connectivity index (χ3n) is 4.19. The Labute approximate surface area is 135 Å². The van der Waals surface area contributed by atoms with Crippen LogP contribution in [0.4, 0.5) is 0 Å². The van der Waals surface area contributed by atoms with Crippen molar-refractivity contribution in [3.8, 4) is 5.82 Å². The zero-order valence-electron chi connectivity index (χ0n) is 13.3. The fourth-order valence-corrected chi connectivity index (χ4v) is 2.84. The van der Waals surface area contributed by atoms with Crippen molar-refractivity contribution in [1.82, 2.24) is 24.8 Å². The molecule has 1 aliphatic rings. The molecule has 0 aliphatic carbocycles. The molecule has 1 aliphatic heterocycles. The second-order valence-electron chi connectivity index (χ2n) is 5.76. The van der Waals surface area contributed by atoms with Gasteiger partial charge in [0.05, 0.1) is 12.1 Å². The van der Waals surface area contributed by atoms with Crippen LogP contribution in [0, 0.1) is 0 Å². The number of methoxy groups -OCH3 is 1. The molecule has 0 spiro atoms. The lowest BCUT2D eigenvalue weighted by Gasteiger charge is -2.18. The van der Waals surface area contributed by atoms with E-state index in [9.17, 15) is 4.79 Å². The molecule has 122 valence electrons. The average molecular weight is 315 g/mol. The van der Waals surface area contributed by atoms with E-state index in [-0.39, 0.29) is 18.1 Å². The Morgan fingerprint density at radius 2 is 2.35 bits per heavy atom. The summed E-state index contributed by atoms with van der Waals surface area (Å²) in [6, 6.07) is 3.71. The van der Waals surface area contributed by atoms with Crippen LogP contribution in [-0.2, 0) is 16.1 Å². The number of imidazole rings is 1. The second-order valence-corrected chi connectivity index (χ2v) is 5.76. The molecule has 1 amide bonds. The smallest absolute Gasteiger partial charge is 0.237 e. The van der Waals surface area contributed by atoms with Gasteiger partial charge in [0.25, 0.3) is 0 Å². The van der Waals surface area contributed by atoms with Crippen molar-refractivity contribution in [2.45, 2.75) is 25.1 Å². The molecular weight excluding hydrogens is 294 g/mol. The van der Waals surface area contributed by atoms with E-state index in [2.05, 4.69) is 15.3 Å². The topological polar surface area (TPSA) is 72.3 Å². The minimum Gasteiger partial charge on any atom is -0.380 e. The molecule has 3 rings (SSSR count). The number of carbonyl (C=O) groups is 1. The number of likely N-dealkylation sites (N-methyl/N-ethyl adjacent to an activating group) is 1. The van der Waals surface area contributed by atoms with Crippen molar-refractivity contribution in [1.29, 1.82) is 0 Å². The Bertz CT molecular complexity index is 658. The van der Waals surface area contributed by atoms with E-state index < -0.39 is 0 Å². The second kappa shape index (κ2) is 6.89. The number of nitrogens with one attached hydrogen (secondary N) is 1. The Balaban J connectivity index is 1.60. The molecule has 7 nitrogen and oxygen atoms in total. The molecule has 1 fully saturated rings. The highest BCUT2D eigenvalue weighted by molar-refractivity contribution is 5.82. The van der Waals surface area contributed by atoms with Crippen LogP contribution < -0.4 is 5.32 Å². The molecule has 0 saturated carbocycles. The van der Waals surface area contributed by atoms with Gasteiger partial charge in [-0.2, -0.15) is 0 Å². The SMILES string of the molecule is CO[C@H]1C[C@@H](C(=O)NCc2ccnc(-n3ccnc3)c2)N(C)C1. The number of ether oxygens (including phenoxy) is 1. The molecular formula is C16H21N5O2. The first-order valence-electron chi connectivity index (χ1n) is 7.61. The third-order valence-corrected chi connectivity index (χ3v) is 4.19. The molecule has 0 bridgehead atoms. The summed E-state index contributed by atoms with van der Waals surface area (Å²) in [4.78, 5) is 22.7. The van der Waals surface area contributed by atoms with E-state index in [4.69, 9.17) is 4.74 Å². The van der Waals surface area contributed by atoms with Crippen LogP contribution in [0.1, 0.15) is 12.0 Å². The highest BCUT2D eigenvalue weighted by Gasteiger charge is 2.34. The number of hydrogen-bond donors (Lipinski definition) is 1. The van der Waals surface area contributed by atoms with Gasteiger partial charge >= 0.3 is 0 Å². The summed E-state index contributed by atoms with van der Waals surface area (Å²) in [5.74, 6) is 0.819.